The first-order valence-corrected chi connectivity index (χ1v) is 9.67. The molecule has 1 aliphatic heterocycles. The van der Waals surface area contributed by atoms with Crippen LogP contribution < -0.4 is 9.47 Å². The van der Waals surface area contributed by atoms with Gasteiger partial charge in [0.05, 0.1) is 0 Å². The van der Waals surface area contributed by atoms with Crippen molar-refractivity contribution in [1.29, 1.82) is 0 Å². The Bertz CT molecular complexity index is 929. The van der Waals surface area contributed by atoms with Gasteiger partial charge in [0.25, 0.3) is 0 Å². The van der Waals surface area contributed by atoms with E-state index in [2.05, 4.69) is 12.2 Å². The van der Waals surface area contributed by atoms with Crippen molar-refractivity contribution in [1.82, 2.24) is 0 Å². The fourth-order valence-electron chi connectivity index (χ4n) is 6.54. The maximum absolute atomic E-state index is 12.9. The second kappa shape index (κ2) is 5.24. The lowest BCUT2D eigenvalue weighted by molar-refractivity contribution is -0.142. The van der Waals surface area contributed by atoms with Gasteiger partial charge in [-0.15, -0.1) is 0 Å². The average Bonchev–Trinajstić information content (AvgIpc) is 3.26. The van der Waals surface area contributed by atoms with E-state index < -0.39 is 5.97 Å². The third kappa shape index (κ3) is 2.00. The van der Waals surface area contributed by atoms with Crippen LogP contribution in [-0.4, -0.2) is 23.7 Å². The van der Waals surface area contributed by atoms with Gasteiger partial charge in [-0.25, -0.2) is 0 Å². The van der Waals surface area contributed by atoms with Crippen LogP contribution in [0.25, 0.3) is 5.57 Å². The van der Waals surface area contributed by atoms with E-state index in [4.69, 9.17) is 9.47 Å². The third-order valence-corrected chi connectivity index (χ3v) is 7.51. The van der Waals surface area contributed by atoms with Crippen LogP contribution in [0.3, 0.4) is 0 Å². The first kappa shape index (κ1) is 15.5. The highest BCUT2D eigenvalue weighted by Gasteiger charge is 2.64. The van der Waals surface area contributed by atoms with Crippen LogP contribution in [0.4, 0.5) is 0 Å². The predicted molar refractivity (Wildman–Crippen MR) is 96.0 cm³/mol. The minimum absolute atomic E-state index is 0.0500. The topological polar surface area (TPSA) is 72.8 Å². The summed E-state index contributed by atoms with van der Waals surface area (Å²) >= 11 is 0. The van der Waals surface area contributed by atoms with Crippen molar-refractivity contribution >= 4 is 17.3 Å². The summed E-state index contributed by atoms with van der Waals surface area (Å²) in [6.45, 7) is 0.237. The number of hydrogen-bond donors (Lipinski definition) is 1. The van der Waals surface area contributed by atoms with E-state index in [0.29, 0.717) is 23.7 Å². The molecule has 0 aromatic heterocycles. The smallest absolute Gasteiger partial charge is 0.303 e. The maximum atomic E-state index is 12.9. The molecule has 0 amide bonds. The Morgan fingerprint density at radius 3 is 2.85 bits per heavy atom. The first-order chi connectivity index (χ1) is 13.1. The number of ether oxygens (including phenoxy) is 2. The van der Waals surface area contributed by atoms with Gasteiger partial charge >= 0.3 is 5.97 Å². The largest absolute Gasteiger partial charge is 0.481 e. The van der Waals surface area contributed by atoms with Crippen molar-refractivity contribution in [3.63, 3.8) is 0 Å². The highest BCUT2D eigenvalue weighted by atomic mass is 16.7. The molecule has 1 heterocycles. The molecule has 27 heavy (non-hydrogen) atoms. The molecule has 6 rings (SSSR count). The Morgan fingerprint density at radius 1 is 1.15 bits per heavy atom. The maximum Gasteiger partial charge on any atom is 0.303 e. The number of benzene rings is 1. The van der Waals surface area contributed by atoms with Gasteiger partial charge in [-0.3, -0.25) is 9.59 Å². The van der Waals surface area contributed by atoms with Crippen LogP contribution in [0, 0.1) is 41.4 Å². The van der Waals surface area contributed by atoms with E-state index >= 15 is 0 Å². The summed E-state index contributed by atoms with van der Waals surface area (Å²) in [4.78, 5) is 24.2. The van der Waals surface area contributed by atoms with Gasteiger partial charge < -0.3 is 14.6 Å². The molecule has 5 nitrogen and oxygen atoms in total. The molecule has 5 heteroatoms. The number of ketones is 1. The lowest BCUT2D eigenvalue weighted by Crippen LogP contribution is -2.50. The number of carbonyl (C=O) groups is 2. The van der Waals surface area contributed by atoms with Crippen molar-refractivity contribution in [2.75, 3.05) is 6.79 Å². The molecule has 0 radical (unpaired) electrons. The molecule has 1 N–H and O–H groups in total. The van der Waals surface area contributed by atoms with E-state index in [-0.39, 0.29) is 36.8 Å². The number of allylic oxidation sites excluding steroid dienone is 4. The summed E-state index contributed by atoms with van der Waals surface area (Å²) in [5.74, 6) is 2.89. The minimum atomic E-state index is -0.727. The standard InChI is InChI=1S/C22H20O5/c23-17-7-13(10-1-4-18-19(5-10)27-9-26-18)11-2-3-12-14(8-20(24)25)15-6-16(17)22(11)21(12)15/h1-5,7,11-12,14-16,21-22H,6,8-9H2,(H,24,25)/t11-,12+,14+,15-,16-,21+,22-/m0/s1. The number of carboxylic acid groups (broad SMARTS) is 1. The van der Waals surface area contributed by atoms with Crippen molar-refractivity contribution in [3.8, 4) is 11.5 Å². The van der Waals surface area contributed by atoms with Gasteiger partial charge in [-0.1, -0.05) is 18.2 Å². The molecule has 7 atom stereocenters. The zero-order valence-electron chi connectivity index (χ0n) is 14.7. The molecule has 5 aliphatic rings. The lowest BCUT2D eigenvalue weighted by Gasteiger charge is -2.53. The van der Waals surface area contributed by atoms with Crippen LogP contribution in [0.15, 0.2) is 36.4 Å². The normalized spacial score (nSPS) is 39.6. The van der Waals surface area contributed by atoms with E-state index in [9.17, 15) is 14.7 Å². The van der Waals surface area contributed by atoms with Crippen LogP contribution in [-0.2, 0) is 9.59 Å². The summed E-state index contributed by atoms with van der Waals surface area (Å²) in [6, 6.07) is 5.89. The number of aliphatic carboxylic acids is 1. The zero-order chi connectivity index (χ0) is 18.3. The Morgan fingerprint density at radius 2 is 2.00 bits per heavy atom. The van der Waals surface area contributed by atoms with Gasteiger partial charge in [0.1, 0.15) is 0 Å². The van der Waals surface area contributed by atoms with Crippen molar-refractivity contribution in [3.05, 3.63) is 42.0 Å². The van der Waals surface area contributed by atoms with Crippen LogP contribution >= 0.6 is 0 Å². The molecular formula is C22H20O5. The van der Waals surface area contributed by atoms with Gasteiger partial charge in [0.2, 0.25) is 6.79 Å². The Kier molecular flexibility index (Phi) is 3.01. The van der Waals surface area contributed by atoms with E-state index in [1.165, 1.54) is 0 Å². The summed E-state index contributed by atoms with van der Waals surface area (Å²) in [5, 5.41) is 9.25. The van der Waals surface area contributed by atoms with Gasteiger partial charge in [-0.2, -0.15) is 0 Å². The second-order valence-electron chi connectivity index (χ2n) is 8.48. The van der Waals surface area contributed by atoms with Crippen molar-refractivity contribution < 1.29 is 24.2 Å². The molecule has 0 saturated heterocycles. The highest BCUT2D eigenvalue weighted by Crippen LogP contribution is 2.67. The molecule has 1 aromatic rings. The monoisotopic (exact) mass is 364 g/mol. The number of rotatable bonds is 3. The number of hydrogen-bond acceptors (Lipinski definition) is 4. The fraction of sp³-hybridized carbons (Fsp3) is 0.455. The predicted octanol–water partition coefficient (Wildman–Crippen LogP) is 3.16. The second-order valence-corrected chi connectivity index (χ2v) is 8.48. The minimum Gasteiger partial charge on any atom is -0.481 e. The average molecular weight is 364 g/mol. The van der Waals surface area contributed by atoms with Gasteiger partial charge in [-0.05, 0) is 65.4 Å². The summed E-state index contributed by atoms with van der Waals surface area (Å²) in [6.07, 6.45) is 7.36. The van der Waals surface area contributed by atoms with Crippen LogP contribution in [0.2, 0.25) is 0 Å². The Balaban J connectivity index is 1.39. The Hall–Kier alpha value is -2.56. The van der Waals surface area contributed by atoms with Gasteiger partial charge in [0, 0.05) is 18.3 Å². The molecule has 0 bridgehead atoms. The van der Waals surface area contributed by atoms with E-state index in [0.717, 1.165) is 29.1 Å². The quantitative estimate of drug-likeness (QED) is 0.834. The summed E-state index contributed by atoms with van der Waals surface area (Å²) in [7, 11) is 0. The fourth-order valence-corrected chi connectivity index (χ4v) is 6.54. The lowest BCUT2D eigenvalue weighted by atomic mass is 9.50. The molecular weight excluding hydrogens is 344 g/mol. The highest BCUT2D eigenvalue weighted by molar-refractivity contribution is 6.01. The number of carbonyl (C=O) groups excluding carboxylic acids is 1. The Labute approximate surface area is 156 Å². The molecule has 2 saturated carbocycles. The molecule has 138 valence electrons. The molecule has 4 aliphatic carbocycles. The van der Waals surface area contributed by atoms with Crippen molar-refractivity contribution in [2.24, 2.45) is 41.4 Å². The first-order valence-electron chi connectivity index (χ1n) is 9.67. The molecule has 0 unspecified atom stereocenters. The van der Waals surface area contributed by atoms with E-state index in [1.54, 1.807) is 0 Å². The molecule has 1 aromatic carbocycles. The van der Waals surface area contributed by atoms with Crippen LogP contribution in [0.1, 0.15) is 18.4 Å². The third-order valence-electron chi connectivity index (χ3n) is 7.51. The number of fused-ring (bicyclic) bond motifs is 1. The molecule has 0 spiro atoms. The van der Waals surface area contributed by atoms with Crippen molar-refractivity contribution in [2.45, 2.75) is 12.8 Å². The summed E-state index contributed by atoms with van der Waals surface area (Å²) < 4.78 is 10.9. The molecule has 2 fully saturated rings. The number of carboxylic acids is 1. The summed E-state index contributed by atoms with van der Waals surface area (Å²) in [5.41, 5.74) is 2.08. The van der Waals surface area contributed by atoms with Crippen LogP contribution in [0.5, 0.6) is 11.5 Å². The SMILES string of the molecule is O=C(O)C[C@@H]1[C@H]2C=C[C@H]3C(c4ccc5c(c4)OCO5)=CC(=O)[C@@H]4C[C@@H]1[C@@H]2[C@@H]34. The van der Waals surface area contributed by atoms with E-state index in [1.807, 2.05) is 24.3 Å². The van der Waals surface area contributed by atoms with Gasteiger partial charge in [0.15, 0.2) is 17.3 Å². The zero-order valence-corrected chi connectivity index (χ0v) is 14.7.